The Bertz CT molecular complexity index is 853. The number of aryl methyl sites for hydroxylation is 1. The number of hydrogen-bond acceptors (Lipinski definition) is 4. The van der Waals surface area contributed by atoms with E-state index in [1.807, 2.05) is 23.1 Å². The minimum absolute atomic E-state index is 0.105. The van der Waals surface area contributed by atoms with Crippen molar-refractivity contribution in [3.8, 4) is 0 Å². The third-order valence-corrected chi connectivity index (χ3v) is 5.98. The Kier molecular flexibility index (Phi) is 5.11. The smallest absolute Gasteiger partial charge is 0.257 e. The molecule has 28 heavy (non-hydrogen) atoms. The minimum Gasteiger partial charge on any atom is -0.340 e. The van der Waals surface area contributed by atoms with Gasteiger partial charge in [0.15, 0.2) is 0 Å². The zero-order valence-electron chi connectivity index (χ0n) is 16.3. The van der Waals surface area contributed by atoms with Crippen LogP contribution < -0.4 is 0 Å². The summed E-state index contributed by atoms with van der Waals surface area (Å²) in [5, 5.41) is 0. The maximum atomic E-state index is 13.5. The number of rotatable bonds is 4. The Labute approximate surface area is 165 Å². The van der Waals surface area contributed by atoms with Crippen molar-refractivity contribution in [2.24, 2.45) is 0 Å². The van der Waals surface area contributed by atoms with Crippen LogP contribution in [0.5, 0.6) is 0 Å². The lowest BCUT2D eigenvalue weighted by atomic mass is 9.85. The van der Waals surface area contributed by atoms with E-state index in [9.17, 15) is 9.59 Å². The van der Waals surface area contributed by atoms with Crippen LogP contribution in [0.2, 0.25) is 0 Å². The molecular weight excluding hydrogens is 352 g/mol. The fourth-order valence-electron chi connectivity index (χ4n) is 4.50. The van der Waals surface area contributed by atoms with Gasteiger partial charge in [-0.25, -0.2) is 9.97 Å². The molecule has 0 bridgehead atoms. The van der Waals surface area contributed by atoms with E-state index in [4.69, 9.17) is 0 Å². The second-order valence-electron chi connectivity index (χ2n) is 7.74. The van der Waals surface area contributed by atoms with Crippen molar-refractivity contribution in [2.75, 3.05) is 19.6 Å². The minimum atomic E-state index is -0.698. The molecule has 146 valence electrons. The molecule has 2 aliphatic rings. The average molecular weight is 378 g/mol. The van der Waals surface area contributed by atoms with Gasteiger partial charge in [0.05, 0.1) is 5.56 Å². The van der Waals surface area contributed by atoms with Gasteiger partial charge in [0.25, 0.3) is 5.91 Å². The van der Waals surface area contributed by atoms with Crippen LogP contribution in [0, 0.1) is 6.92 Å². The summed E-state index contributed by atoms with van der Waals surface area (Å²) < 4.78 is 0. The average Bonchev–Trinajstić information content (AvgIpc) is 3.14. The van der Waals surface area contributed by atoms with Gasteiger partial charge >= 0.3 is 0 Å². The molecular formula is C22H26N4O2. The van der Waals surface area contributed by atoms with Gasteiger partial charge in [-0.2, -0.15) is 0 Å². The van der Waals surface area contributed by atoms with Crippen molar-refractivity contribution < 1.29 is 9.59 Å². The molecule has 0 radical (unpaired) electrons. The molecule has 1 atom stereocenters. The number of aromatic nitrogens is 2. The van der Waals surface area contributed by atoms with Crippen molar-refractivity contribution in [2.45, 2.75) is 44.6 Å². The summed E-state index contributed by atoms with van der Waals surface area (Å²) in [7, 11) is 0. The lowest BCUT2D eigenvalue weighted by molar-refractivity contribution is -0.145. The van der Waals surface area contributed by atoms with Crippen LogP contribution >= 0.6 is 0 Å². The van der Waals surface area contributed by atoms with Crippen molar-refractivity contribution in [1.82, 2.24) is 19.8 Å². The van der Waals surface area contributed by atoms with E-state index < -0.39 is 5.54 Å². The number of carbonyl (C=O) groups excluding carboxylic acids is 2. The van der Waals surface area contributed by atoms with Gasteiger partial charge in [0.1, 0.15) is 11.4 Å². The van der Waals surface area contributed by atoms with E-state index in [1.54, 1.807) is 24.2 Å². The number of nitrogens with zero attached hydrogens (tertiary/aromatic N) is 4. The maximum absolute atomic E-state index is 13.5. The van der Waals surface area contributed by atoms with E-state index in [0.717, 1.165) is 38.6 Å². The molecule has 0 aliphatic carbocycles. The van der Waals surface area contributed by atoms with Crippen LogP contribution in [-0.2, 0) is 11.2 Å². The first-order valence-corrected chi connectivity index (χ1v) is 10.0. The summed E-state index contributed by atoms with van der Waals surface area (Å²) in [6, 6.07) is 10.2. The Balaban J connectivity index is 1.52. The van der Waals surface area contributed by atoms with E-state index >= 15 is 0 Å². The van der Waals surface area contributed by atoms with Crippen LogP contribution in [0.25, 0.3) is 0 Å². The number of likely N-dealkylation sites (tertiary alicyclic amines) is 2. The number of benzene rings is 1. The third kappa shape index (κ3) is 3.39. The maximum Gasteiger partial charge on any atom is 0.257 e. The molecule has 6 nitrogen and oxygen atoms in total. The van der Waals surface area contributed by atoms with E-state index in [-0.39, 0.29) is 11.8 Å². The van der Waals surface area contributed by atoms with Gasteiger partial charge in [-0.1, -0.05) is 30.3 Å². The number of carbonyl (C=O) groups is 2. The Hall–Kier alpha value is -2.76. The summed E-state index contributed by atoms with van der Waals surface area (Å²) >= 11 is 0. The highest BCUT2D eigenvalue weighted by atomic mass is 16.2. The molecule has 0 saturated carbocycles. The van der Waals surface area contributed by atoms with Crippen LogP contribution in [0.3, 0.4) is 0 Å². The van der Waals surface area contributed by atoms with Gasteiger partial charge in [-0.05, 0) is 44.6 Å². The quantitative estimate of drug-likeness (QED) is 0.820. The molecule has 3 heterocycles. The molecule has 2 aromatic rings. The first kappa shape index (κ1) is 18.6. The third-order valence-electron chi connectivity index (χ3n) is 5.98. The van der Waals surface area contributed by atoms with E-state index in [2.05, 4.69) is 22.1 Å². The van der Waals surface area contributed by atoms with Crippen molar-refractivity contribution in [3.63, 3.8) is 0 Å². The topological polar surface area (TPSA) is 66.4 Å². The van der Waals surface area contributed by atoms with Crippen LogP contribution in [0.4, 0.5) is 0 Å². The zero-order chi connectivity index (χ0) is 19.6. The van der Waals surface area contributed by atoms with E-state index in [0.29, 0.717) is 24.5 Å². The van der Waals surface area contributed by atoms with Crippen molar-refractivity contribution in [3.05, 3.63) is 59.7 Å². The summed E-state index contributed by atoms with van der Waals surface area (Å²) in [5.41, 5.74) is 0.990. The van der Waals surface area contributed by atoms with Crippen LogP contribution in [-0.4, -0.2) is 56.8 Å². The summed E-state index contributed by atoms with van der Waals surface area (Å²) in [5.74, 6) is 0.609. The molecule has 4 rings (SSSR count). The lowest BCUT2D eigenvalue weighted by Crippen LogP contribution is -2.61. The number of hydrogen-bond donors (Lipinski definition) is 0. The highest BCUT2D eigenvalue weighted by Gasteiger charge is 2.52. The highest BCUT2D eigenvalue weighted by molar-refractivity contribution is 5.99. The van der Waals surface area contributed by atoms with Gasteiger partial charge in [0, 0.05) is 32.0 Å². The monoisotopic (exact) mass is 378 g/mol. The zero-order valence-corrected chi connectivity index (χ0v) is 16.3. The van der Waals surface area contributed by atoms with Gasteiger partial charge in [0.2, 0.25) is 5.91 Å². The Morgan fingerprint density at radius 1 is 1.07 bits per heavy atom. The standard InChI is InChI=1S/C22H26N4O2/c1-17-23-15-19(16-24-17)20(27)26-13-6-11-22(26)10-5-12-25(21(22)28)14-9-18-7-3-2-4-8-18/h2-4,7-8,15-16H,5-6,9-14H2,1H3. The van der Waals surface area contributed by atoms with Crippen LogP contribution in [0.15, 0.2) is 42.7 Å². The first-order chi connectivity index (χ1) is 13.6. The van der Waals surface area contributed by atoms with E-state index in [1.165, 1.54) is 5.56 Å². The second-order valence-corrected chi connectivity index (χ2v) is 7.74. The highest BCUT2D eigenvalue weighted by Crippen LogP contribution is 2.39. The molecule has 2 amide bonds. The molecule has 1 aromatic heterocycles. The molecule has 1 aromatic carbocycles. The van der Waals surface area contributed by atoms with Gasteiger partial charge < -0.3 is 9.80 Å². The normalized spacial score (nSPS) is 22.1. The van der Waals surface area contributed by atoms with Gasteiger partial charge in [-0.3, -0.25) is 9.59 Å². The molecule has 0 N–H and O–H groups in total. The Morgan fingerprint density at radius 3 is 2.46 bits per heavy atom. The van der Waals surface area contributed by atoms with Crippen LogP contribution in [0.1, 0.15) is 47.4 Å². The molecule has 1 unspecified atom stereocenters. The summed E-state index contributed by atoms with van der Waals surface area (Å²) in [6.07, 6.45) is 7.24. The predicted molar refractivity (Wildman–Crippen MR) is 106 cm³/mol. The summed E-state index contributed by atoms with van der Waals surface area (Å²) in [6.45, 7) is 3.87. The fraction of sp³-hybridized carbons (Fsp3) is 0.455. The molecule has 2 aliphatic heterocycles. The SMILES string of the molecule is Cc1ncc(C(=O)N2CCCC23CCCN(CCc2ccccc2)C3=O)cn1. The Morgan fingerprint density at radius 2 is 1.75 bits per heavy atom. The van der Waals surface area contributed by atoms with Crippen molar-refractivity contribution >= 4 is 11.8 Å². The molecule has 6 heteroatoms. The largest absolute Gasteiger partial charge is 0.340 e. The first-order valence-electron chi connectivity index (χ1n) is 10.0. The molecule has 2 fully saturated rings. The molecule has 1 spiro atoms. The van der Waals surface area contributed by atoms with Gasteiger partial charge in [-0.15, -0.1) is 0 Å². The lowest BCUT2D eigenvalue weighted by Gasteiger charge is -2.44. The fourth-order valence-corrected chi connectivity index (χ4v) is 4.50. The number of piperidine rings is 1. The molecule has 2 saturated heterocycles. The number of amides is 2. The predicted octanol–water partition coefficient (Wildman–Crippen LogP) is 2.62. The van der Waals surface area contributed by atoms with Crippen molar-refractivity contribution in [1.29, 1.82) is 0 Å². The second kappa shape index (κ2) is 7.70. The summed E-state index contributed by atoms with van der Waals surface area (Å²) in [4.78, 5) is 38.6.